The fourth-order valence-electron chi connectivity index (χ4n) is 0.789. The van der Waals surface area contributed by atoms with Crippen LogP contribution in [0.3, 0.4) is 0 Å². The van der Waals surface area contributed by atoms with Gasteiger partial charge in [0, 0.05) is 12.3 Å². The second-order valence-corrected chi connectivity index (χ2v) is 2.84. The molecule has 0 N–H and O–H groups in total. The number of aliphatic imine (C=N–C) groups is 1. The quantitative estimate of drug-likeness (QED) is 0.399. The SMILES string of the molecule is C[C@H]1O[C@@H]1C=NC1CC1. The van der Waals surface area contributed by atoms with Gasteiger partial charge in [-0.3, -0.25) is 4.99 Å². The molecule has 50 valence electrons. The Balaban J connectivity index is 1.75. The summed E-state index contributed by atoms with van der Waals surface area (Å²) in [7, 11) is 0. The molecule has 2 fully saturated rings. The Labute approximate surface area is 54.9 Å². The van der Waals surface area contributed by atoms with Gasteiger partial charge in [-0.1, -0.05) is 0 Å². The monoisotopic (exact) mass is 125 g/mol. The number of rotatable bonds is 2. The van der Waals surface area contributed by atoms with E-state index in [-0.39, 0.29) is 0 Å². The Morgan fingerprint density at radius 2 is 2.22 bits per heavy atom. The molecule has 0 aromatic carbocycles. The van der Waals surface area contributed by atoms with E-state index in [1.54, 1.807) is 0 Å². The first-order valence-corrected chi connectivity index (χ1v) is 3.55. The maximum absolute atomic E-state index is 5.15. The van der Waals surface area contributed by atoms with Gasteiger partial charge in [0.05, 0.1) is 6.10 Å². The van der Waals surface area contributed by atoms with Crippen molar-refractivity contribution in [2.24, 2.45) is 4.99 Å². The molecule has 0 spiro atoms. The van der Waals surface area contributed by atoms with Crippen LogP contribution in [-0.2, 0) is 4.74 Å². The van der Waals surface area contributed by atoms with Crippen molar-refractivity contribution in [1.29, 1.82) is 0 Å². The number of hydrogen-bond acceptors (Lipinski definition) is 2. The second-order valence-electron chi connectivity index (χ2n) is 2.84. The molecule has 2 aliphatic rings. The molecule has 2 nitrogen and oxygen atoms in total. The van der Waals surface area contributed by atoms with Crippen molar-refractivity contribution in [3.8, 4) is 0 Å². The van der Waals surface area contributed by atoms with E-state index >= 15 is 0 Å². The standard InChI is InChI=1S/C7H11NO/c1-5-7(9-5)4-8-6-2-3-6/h4-7H,2-3H2,1H3/t5-,7-/m1/s1. The summed E-state index contributed by atoms with van der Waals surface area (Å²) in [6.07, 6.45) is 5.33. The maximum atomic E-state index is 5.15. The Morgan fingerprint density at radius 3 is 2.67 bits per heavy atom. The van der Waals surface area contributed by atoms with Crippen molar-refractivity contribution in [3.05, 3.63) is 0 Å². The van der Waals surface area contributed by atoms with Crippen LogP contribution in [0.1, 0.15) is 19.8 Å². The highest BCUT2D eigenvalue weighted by Crippen LogP contribution is 2.25. The Kier molecular flexibility index (Phi) is 1.09. The maximum Gasteiger partial charge on any atom is 0.118 e. The topological polar surface area (TPSA) is 24.9 Å². The first kappa shape index (κ1) is 5.42. The molecule has 0 radical (unpaired) electrons. The molecule has 1 aliphatic heterocycles. The summed E-state index contributed by atoms with van der Waals surface area (Å²) in [5.41, 5.74) is 0. The molecular formula is C7H11NO. The zero-order valence-electron chi connectivity index (χ0n) is 5.58. The minimum absolute atomic E-state index is 0.352. The van der Waals surface area contributed by atoms with Gasteiger partial charge in [0.1, 0.15) is 6.10 Å². The third-order valence-corrected chi connectivity index (χ3v) is 1.75. The molecule has 1 aliphatic carbocycles. The molecule has 1 saturated heterocycles. The van der Waals surface area contributed by atoms with Gasteiger partial charge in [-0.15, -0.1) is 0 Å². The Hall–Kier alpha value is -0.370. The van der Waals surface area contributed by atoms with E-state index < -0.39 is 0 Å². The molecule has 0 aromatic rings. The Bertz CT molecular complexity index is 140. The minimum atomic E-state index is 0.352. The molecular weight excluding hydrogens is 114 g/mol. The lowest BCUT2D eigenvalue weighted by atomic mass is 10.4. The van der Waals surface area contributed by atoms with E-state index in [9.17, 15) is 0 Å². The van der Waals surface area contributed by atoms with Crippen molar-refractivity contribution < 1.29 is 4.74 Å². The average molecular weight is 125 g/mol. The largest absolute Gasteiger partial charge is 0.364 e. The highest BCUT2D eigenvalue weighted by Gasteiger charge is 2.33. The summed E-state index contributed by atoms with van der Waals surface area (Å²) >= 11 is 0. The zero-order valence-corrected chi connectivity index (χ0v) is 5.58. The summed E-state index contributed by atoms with van der Waals surface area (Å²) in [6.45, 7) is 2.07. The van der Waals surface area contributed by atoms with E-state index in [2.05, 4.69) is 11.9 Å². The lowest BCUT2D eigenvalue weighted by Gasteiger charge is -1.78. The van der Waals surface area contributed by atoms with Gasteiger partial charge >= 0.3 is 0 Å². The van der Waals surface area contributed by atoms with Crippen molar-refractivity contribution in [1.82, 2.24) is 0 Å². The molecule has 2 rings (SSSR count). The predicted molar refractivity (Wildman–Crippen MR) is 35.8 cm³/mol. The summed E-state index contributed by atoms with van der Waals surface area (Å²) in [4.78, 5) is 4.30. The summed E-state index contributed by atoms with van der Waals surface area (Å²) in [5.74, 6) is 0. The minimum Gasteiger partial charge on any atom is -0.364 e. The van der Waals surface area contributed by atoms with Crippen LogP contribution in [0.2, 0.25) is 0 Å². The van der Waals surface area contributed by atoms with Crippen molar-refractivity contribution >= 4 is 6.21 Å². The number of hydrogen-bond donors (Lipinski definition) is 0. The van der Waals surface area contributed by atoms with Crippen LogP contribution < -0.4 is 0 Å². The smallest absolute Gasteiger partial charge is 0.118 e. The van der Waals surface area contributed by atoms with Crippen molar-refractivity contribution in [3.63, 3.8) is 0 Å². The average Bonchev–Trinajstić information content (AvgIpc) is 2.60. The third kappa shape index (κ3) is 1.30. The molecule has 2 atom stereocenters. The predicted octanol–water partition coefficient (Wildman–Crippen LogP) is 1.01. The second kappa shape index (κ2) is 1.81. The van der Waals surface area contributed by atoms with E-state index in [0.29, 0.717) is 18.2 Å². The van der Waals surface area contributed by atoms with Crippen molar-refractivity contribution in [2.45, 2.75) is 38.0 Å². The van der Waals surface area contributed by atoms with E-state index in [4.69, 9.17) is 4.74 Å². The number of epoxide rings is 1. The van der Waals surface area contributed by atoms with Crippen LogP contribution in [0.4, 0.5) is 0 Å². The number of ether oxygens (including phenoxy) is 1. The van der Waals surface area contributed by atoms with Gasteiger partial charge in [0.15, 0.2) is 0 Å². The zero-order chi connectivity index (χ0) is 6.27. The first-order valence-electron chi connectivity index (χ1n) is 3.55. The summed E-state index contributed by atoms with van der Waals surface area (Å²) < 4.78 is 5.15. The molecule has 2 heteroatoms. The number of nitrogens with zero attached hydrogens (tertiary/aromatic N) is 1. The molecule has 1 saturated carbocycles. The normalized spacial score (nSPS) is 41.9. The van der Waals surface area contributed by atoms with Gasteiger partial charge < -0.3 is 4.74 Å². The summed E-state index contributed by atoms with van der Waals surface area (Å²) in [5, 5.41) is 0. The van der Waals surface area contributed by atoms with Crippen molar-refractivity contribution in [2.75, 3.05) is 0 Å². The summed E-state index contributed by atoms with van der Waals surface area (Å²) in [6, 6.07) is 0.654. The van der Waals surface area contributed by atoms with Gasteiger partial charge in [-0.2, -0.15) is 0 Å². The first-order chi connectivity index (χ1) is 4.36. The fraction of sp³-hybridized carbons (Fsp3) is 0.857. The van der Waals surface area contributed by atoms with Gasteiger partial charge in [0.2, 0.25) is 0 Å². The van der Waals surface area contributed by atoms with Gasteiger partial charge in [-0.25, -0.2) is 0 Å². The molecule has 1 heterocycles. The van der Waals surface area contributed by atoms with E-state index in [1.165, 1.54) is 12.8 Å². The molecule has 0 amide bonds. The molecule has 9 heavy (non-hydrogen) atoms. The highest BCUT2D eigenvalue weighted by atomic mass is 16.6. The lowest BCUT2D eigenvalue weighted by molar-refractivity contribution is 0.408. The van der Waals surface area contributed by atoms with Crippen LogP contribution in [0.15, 0.2) is 4.99 Å². The Morgan fingerprint density at radius 1 is 1.56 bits per heavy atom. The molecule has 0 bridgehead atoms. The lowest BCUT2D eigenvalue weighted by Crippen LogP contribution is -1.90. The fourth-order valence-corrected chi connectivity index (χ4v) is 0.789. The van der Waals surface area contributed by atoms with E-state index in [0.717, 1.165) is 0 Å². The molecule has 0 aromatic heterocycles. The van der Waals surface area contributed by atoms with Crippen LogP contribution in [0.25, 0.3) is 0 Å². The van der Waals surface area contributed by atoms with Gasteiger partial charge in [-0.05, 0) is 19.8 Å². The van der Waals surface area contributed by atoms with Gasteiger partial charge in [0.25, 0.3) is 0 Å². The van der Waals surface area contributed by atoms with Crippen LogP contribution in [0.5, 0.6) is 0 Å². The van der Waals surface area contributed by atoms with Crippen LogP contribution in [-0.4, -0.2) is 24.5 Å². The highest BCUT2D eigenvalue weighted by molar-refractivity contribution is 5.67. The van der Waals surface area contributed by atoms with E-state index in [1.807, 2.05) is 6.21 Å². The van der Waals surface area contributed by atoms with Crippen LogP contribution in [0, 0.1) is 0 Å². The third-order valence-electron chi connectivity index (χ3n) is 1.75. The molecule has 0 unspecified atom stereocenters. The van der Waals surface area contributed by atoms with Crippen LogP contribution >= 0.6 is 0 Å².